The molecule has 0 N–H and O–H groups in total. The third kappa shape index (κ3) is 6.32. The molecule has 13 aromatic rings. The Bertz CT molecular complexity index is 4050. The first-order chi connectivity index (χ1) is 34.7. The number of hydrogen-bond donors (Lipinski definition) is 0. The molecule has 0 amide bonds. The standard InChI is InChI=1S/C67H43NOS/c1-3-14-49(15-4-1)67(50-16-5-2-6-17-50)61-23-10-7-18-55(61)60-43-53(39-41-62(60)67)68(52-37-32-46(33-38-52)48-34-40-58-57-20-9-12-25-64(57)70-65(58)42-48)51-35-30-45(31-36-51)44-26-28-47(29-27-44)54-21-13-22-59-56-19-8-11-24-63(56)69-66(54)59/h1-43H. The van der Waals surface area contributed by atoms with Gasteiger partial charge in [0.25, 0.3) is 0 Å². The van der Waals surface area contributed by atoms with Crippen LogP contribution in [0.1, 0.15) is 22.3 Å². The van der Waals surface area contributed by atoms with Gasteiger partial charge in [0, 0.05) is 53.6 Å². The highest BCUT2D eigenvalue weighted by molar-refractivity contribution is 7.25. The molecule has 1 aliphatic carbocycles. The molecule has 0 unspecified atom stereocenters. The van der Waals surface area contributed by atoms with E-state index in [1.807, 2.05) is 23.5 Å². The van der Waals surface area contributed by atoms with Crippen molar-refractivity contribution >= 4 is 70.5 Å². The van der Waals surface area contributed by atoms with Gasteiger partial charge in [0.1, 0.15) is 11.2 Å². The highest BCUT2D eigenvalue weighted by Gasteiger charge is 2.46. The second kappa shape index (κ2) is 16.2. The van der Waals surface area contributed by atoms with Gasteiger partial charge >= 0.3 is 0 Å². The number of nitrogens with zero attached hydrogens (tertiary/aromatic N) is 1. The lowest BCUT2D eigenvalue weighted by Gasteiger charge is -2.34. The van der Waals surface area contributed by atoms with Crippen molar-refractivity contribution in [3.8, 4) is 44.5 Å². The molecule has 2 aromatic heterocycles. The van der Waals surface area contributed by atoms with Gasteiger partial charge in [-0.2, -0.15) is 0 Å². The molecule has 1 aliphatic rings. The molecule has 0 saturated carbocycles. The zero-order valence-electron chi connectivity index (χ0n) is 38.1. The molecule has 0 bridgehead atoms. The quantitative estimate of drug-likeness (QED) is 0.151. The second-order valence-electron chi connectivity index (χ2n) is 18.4. The van der Waals surface area contributed by atoms with Crippen LogP contribution >= 0.6 is 11.3 Å². The number of fused-ring (bicyclic) bond motifs is 9. The summed E-state index contributed by atoms with van der Waals surface area (Å²) in [6.07, 6.45) is 0. The van der Waals surface area contributed by atoms with E-state index < -0.39 is 5.41 Å². The zero-order valence-corrected chi connectivity index (χ0v) is 38.9. The number of benzene rings is 11. The Hall–Kier alpha value is -8.76. The van der Waals surface area contributed by atoms with Crippen molar-refractivity contribution in [1.82, 2.24) is 0 Å². The summed E-state index contributed by atoms with van der Waals surface area (Å²) in [7, 11) is 0. The van der Waals surface area contributed by atoms with Crippen LogP contribution in [0.3, 0.4) is 0 Å². The Balaban J connectivity index is 0.872. The average Bonchev–Trinajstić information content (AvgIpc) is 4.10. The monoisotopic (exact) mass is 909 g/mol. The van der Waals surface area contributed by atoms with Crippen molar-refractivity contribution in [2.24, 2.45) is 0 Å². The van der Waals surface area contributed by atoms with Gasteiger partial charge in [-0.05, 0) is 116 Å². The van der Waals surface area contributed by atoms with Gasteiger partial charge in [0.05, 0.1) is 5.41 Å². The number of anilines is 3. The summed E-state index contributed by atoms with van der Waals surface area (Å²) in [6.45, 7) is 0. The highest BCUT2D eigenvalue weighted by Crippen LogP contribution is 2.57. The summed E-state index contributed by atoms with van der Waals surface area (Å²) in [4.78, 5) is 2.41. The Labute approximate surface area is 410 Å². The molecule has 0 spiro atoms. The Morgan fingerprint density at radius 2 is 0.829 bits per heavy atom. The van der Waals surface area contributed by atoms with Crippen LogP contribution in [0, 0.1) is 0 Å². The maximum absolute atomic E-state index is 6.40. The van der Waals surface area contributed by atoms with E-state index in [9.17, 15) is 0 Å². The molecule has 2 nitrogen and oxygen atoms in total. The first-order valence-corrected chi connectivity index (χ1v) is 24.8. The Kier molecular flexibility index (Phi) is 9.33. The van der Waals surface area contributed by atoms with Crippen LogP contribution in [0.4, 0.5) is 17.1 Å². The van der Waals surface area contributed by atoms with Crippen molar-refractivity contribution < 1.29 is 4.42 Å². The summed E-state index contributed by atoms with van der Waals surface area (Å²) in [6, 6.07) is 95.5. The Morgan fingerprint density at radius 1 is 0.314 bits per heavy atom. The minimum Gasteiger partial charge on any atom is -0.455 e. The van der Waals surface area contributed by atoms with Gasteiger partial charge in [0.2, 0.25) is 0 Å². The van der Waals surface area contributed by atoms with E-state index in [1.54, 1.807) is 0 Å². The number of rotatable bonds is 8. The van der Waals surface area contributed by atoms with Crippen LogP contribution in [0.5, 0.6) is 0 Å². The third-order valence-electron chi connectivity index (χ3n) is 14.6. The van der Waals surface area contributed by atoms with Crippen molar-refractivity contribution in [1.29, 1.82) is 0 Å². The van der Waals surface area contributed by atoms with Crippen LogP contribution < -0.4 is 4.90 Å². The Morgan fingerprint density at radius 3 is 1.56 bits per heavy atom. The van der Waals surface area contributed by atoms with E-state index in [4.69, 9.17) is 4.42 Å². The van der Waals surface area contributed by atoms with Crippen molar-refractivity contribution in [2.45, 2.75) is 5.41 Å². The lowest BCUT2D eigenvalue weighted by atomic mass is 9.68. The fourth-order valence-electron chi connectivity index (χ4n) is 11.4. The van der Waals surface area contributed by atoms with Gasteiger partial charge in [0.15, 0.2) is 0 Å². The fraction of sp³-hybridized carbons (Fsp3) is 0.0149. The molecule has 70 heavy (non-hydrogen) atoms. The summed E-state index contributed by atoms with van der Waals surface area (Å²) < 4.78 is 9.03. The highest BCUT2D eigenvalue weighted by atomic mass is 32.1. The second-order valence-corrected chi connectivity index (χ2v) is 19.4. The van der Waals surface area contributed by atoms with Crippen LogP contribution in [-0.4, -0.2) is 0 Å². The third-order valence-corrected chi connectivity index (χ3v) is 15.7. The van der Waals surface area contributed by atoms with Gasteiger partial charge in [-0.3, -0.25) is 0 Å². The molecule has 0 radical (unpaired) electrons. The van der Waals surface area contributed by atoms with E-state index in [1.165, 1.54) is 64.7 Å². The summed E-state index contributed by atoms with van der Waals surface area (Å²) in [5.41, 5.74) is 19.2. The van der Waals surface area contributed by atoms with E-state index in [2.05, 4.69) is 254 Å². The summed E-state index contributed by atoms with van der Waals surface area (Å²) >= 11 is 1.86. The van der Waals surface area contributed by atoms with Gasteiger partial charge < -0.3 is 9.32 Å². The van der Waals surface area contributed by atoms with Crippen molar-refractivity contribution in [3.63, 3.8) is 0 Å². The molecular weight excluding hydrogens is 867 g/mol. The minimum atomic E-state index is -0.468. The lowest BCUT2D eigenvalue weighted by Crippen LogP contribution is -2.28. The number of hydrogen-bond acceptors (Lipinski definition) is 3. The first-order valence-electron chi connectivity index (χ1n) is 24.0. The topological polar surface area (TPSA) is 16.4 Å². The number of furan rings is 1. The van der Waals surface area contributed by atoms with Gasteiger partial charge in [-0.25, -0.2) is 0 Å². The van der Waals surface area contributed by atoms with E-state index in [0.717, 1.165) is 61.3 Å². The normalized spacial score (nSPS) is 12.7. The van der Waals surface area contributed by atoms with Crippen LogP contribution in [0.25, 0.3) is 86.6 Å². The predicted octanol–water partition coefficient (Wildman–Crippen LogP) is 18.8. The number of para-hydroxylation sites is 2. The molecule has 0 fully saturated rings. The molecule has 3 heteroatoms. The first kappa shape index (κ1) is 40.3. The summed E-state index contributed by atoms with van der Waals surface area (Å²) in [5.74, 6) is 0. The lowest BCUT2D eigenvalue weighted by molar-refractivity contribution is 0.670. The van der Waals surface area contributed by atoms with E-state index in [0.29, 0.717) is 0 Å². The molecule has 2 heterocycles. The van der Waals surface area contributed by atoms with Gasteiger partial charge in [-0.15, -0.1) is 11.3 Å². The van der Waals surface area contributed by atoms with Crippen LogP contribution in [0.2, 0.25) is 0 Å². The summed E-state index contributed by atoms with van der Waals surface area (Å²) in [5, 5.41) is 4.92. The number of thiophene rings is 1. The van der Waals surface area contributed by atoms with Gasteiger partial charge in [-0.1, -0.05) is 206 Å². The fourth-order valence-corrected chi connectivity index (χ4v) is 12.5. The maximum Gasteiger partial charge on any atom is 0.143 e. The molecule has 0 saturated heterocycles. The van der Waals surface area contributed by atoms with Crippen LogP contribution in [0.15, 0.2) is 265 Å². The average molecular weight is 910 g/mol. The van der Waals surface area contributed by atoms with Crippen molar-refractivity contribution in [3.05, 3.63) is 283 Å². The van der Waals surface area contributed by atoms with E-state index in [-0.39, 0.29) is 0 Å². The molecule has 0 aliphatic heterocycles. The molecule has 14 rings (SSSR count). The molecular formula is C67H43NOS. The van der Waals surface area contributed by atoms with Crippen LogP contribution in [-0.2, 0) is 5.41 Å². The SMILES string of the molecule is c1ccc(C2(c3ccccc3)c3ccccc3-c3cc(N(c4ccc(-c5ccc(-c6cccc7c6oc6ccccc67)cc5)cc4)c4ccc(-c5ccc6c(c5)sc5ccccc56)cc4)ccc32)cc1. The predicted molar refractivity (Wildman–Crippen MR) is 295 cm³/mol. The molecule has 328 valence electrons. The largest absolute Gasteiger partial charge is 0.455 e. The maximum atomic E-state index is 6.40. The molecule has 11 aromatic carbocycles. The zero-order chi connectivity index (χ0) is 46.2. The molecule has 0 atom stereocenters. The smallest absolute Gasteiger partial charge is 0.143 e. The minimum absolute atomic E-state index is 0.468. The van der Waals surface area contributed by atoms with Crippen molar-refractivity contribution in [2.75, 3.05) is 4.90 Å². The van der Waals surface area contributed by atoms with E-state index >= 15 is 0 Å².